The summed E-state index contributed by atoms with van der Waals surface area (Å²) in [5, 5.41) is 14.0. The molecule has 0 aliphatic heterocycles. The fourth-order valence-electron chi connectivity index (χ4n) is 3.91. The van der Waals surface area contributed by atoms with E-state index in [0.29, 0.717) is 16.9 Å². The van der Waals surface area contributed by atoms with Crippen LogP contribution in [0.15, 0.2) is 42.7 Å². The van der Waals surface area contributed by atoms with Crippen molar-refractivity contribution in [2.45, 2.75) is 18.3 Å². The van der Waals surface area contributed by atoms with E-state index in [9.17, 15) is 14.3 Å². The van der Waals surface area contributed by atoms with Gasteiger partial charge in [-0.25, -0.2) is 23.7 Å². The molecule has 32 heavy (non-hydrogen) atoms. The zero-order valence-corrected chi connectivity index (χ0v) is 17.2. The van der Waals surface area contributed by atoms with Gasteiger partial charge in [0.05, 0.1) is 31.7 Å². The zero-order chi connectivity index (χ0) is 22.4. The van der Waals surface area contributed by atoms with E-state index < -0.39 is 5.97 Å². The van der Waals surface area contributed by atoms with Gasteiger partial charge in [0.2, 0.25) is 5.88 Å². The number of hydrogen-bond acceptors (Lipinski definition) is 7. The lowest BCUT2D eigenvalue weighted by molar-refractivity contribution is 0.0691. The van der Waals surface area contributed by atoms with Gasteiger partial charge in [0.15, 0.2) is 11.3 Å². The van der Waals surface area contributed by atoms with Crippen LogP contribution in [0.4, 0.5) is 4.39 Å². The van der Waals surface area contributed by atoms with Crippen LogP contribution < -0.4 is 9.47 Å². The van der Waals surface area contributed by atoms with E-state index >= 15 is 0 Å². The number of benzene rings is 1. The first-order chi connectivity index (χ1) is 15.5. The number of carboxylic acids is 1. The molecule has 1 N–H and O–H groups in total. The Labute approximate surface area is 181 Å². The van der Waals surface area contributed by atoms with E-state index in [-0.39, 0.29) is 35.2 Å². The third-order valence-electron chi connectivity index (χ3n) is 5.54. The lowest BCUT2D eigenvalue weighted by atomic mass is 10.0. The second-order valence-electron chi connectivity index (χ2n) is 7.46. The Morgan fingerprint density at radius 1 is 1.16 bits per heavy atom. The molecule has 5 rings (SSSR count). The van der Waals surface area contributed by atoms with Crippen molar-refractivity contribution in [1.82, 2.24) is 24.6 Å². The minimum atomic E-state index is -1.14. The Morgan fingerprint density at radius 3 is 2.62 bits per heavy atom. The third kappa shape index (κ3) is 3.39. The summed E-state index contributed by atoms with van der Waals surface area (Å²) in [6.07, 6.45) is 3.75. The number of halogens is 1. The minimum absolute atomic E-state index is 0.0823. The van der Waals surface area contributed by atoms with Crippen LogP contribution >= 0.6 is 0 Å². The van der Waals surface area contributed by atoms with Gasteiger partial charge in [-0.3, -0.25) is 0 Å². The summed E-state index contributed by atoms with van der Waals surface area (Å²) in [5.74, 6) is -0.892. The minimum Gasteiger partial charge on any atom is -0.480 e. The third-order valence-corrected chi connectivity index (χ3v) is 5.54. The molecule has 0 radical (unpaired) electrons. The Balaban J connectivity index is 1.64. The van der Waals surface area contributed by atoms with E-state index in [0.717, 1.165) is 17.5 Å². The van der Waals surface area contributed by atoms with Crippen molar-refractivity contribution in [3.63, 3.8) is 0 Å². The van der Waals surface area contributed by atoms with Crippen LogP contribution in [0.5, 0.6) is 11.9 Å². The molecular formula is C22H18FN5O4. The average molecular weight is 435 g/mol. The van der Waals surface area contributed by atoms with E-state index in [1.54, 1.807) is 18.3 Å². The largest absolute Gasteiger partial charge is 0.480 e. The molecule has 0 amide bonds. The van der Waals surface area contributed by atoms with Gasteiger partial charge in [-0.1, -0.05) is 12.1 Å². The molecule has 3 aromatic heterocycles. The molecule has 2 atom stereocenters. The van der Waals surface area contributed by atoms with Crippen molar-refractivity contribution in [1.29, 1.82) is 0 Å². The van der Waals surface area contributed by atoms with Gasteiger partial charge in [0.1, 0.15) is 5.82 Å². The molecule has 0 saturated heterocycles. The Bertz CT molecular complexity index is 1340. The molecule has 10 heteroatoms. The number of imidazole rings is 1. The van der Waals surface area contributed by atoms with Gasteiger partial charge in [-0.15, -0.1) is 0 Å². The fraction of sp³-hybridized carbons (Fsp3) is 0.227. The number of ether oxygens (including phenoxy) is 2. The molecule has 162 valence electrons. The summed E-state index contributed by atoms with van der Waals surface area (Å²) in [5.41, 5.74) is 3.26. The lowest BCUT2D eigenvalue weighted by Crippen LogP contribution is -2.02. The number of carbonyl (C=O) groups is 1. The van der Waals surface area contributed by atoms with Gasteiger partial charge >= 0.3 is 12.0 Å². The van der Waals surface area contributed by atoms with Crippen LogP contribution in [-0.4, -0.2) is 49.9 Å². The Hall–Kier alpha value is -4.08. The molecule has 0 unspecified atom stereocenters. The van der Waals surface area contributed by atoms with Crippen molar-refractivity contribution in [2.75, 3.05) is 14.2 Å². The average Bonchev–Trinajstić information content (AvgIpc) is 3.47. The van der Waals surface area contributed by atoms with Crippen LogP contribution in [-0.2, 0) is 0 Å². The molecular weight excluding hydrogens is 417 g/mol. The molecule has 1 aromatic carbocycles. The maximum absolute atomic E-state index is 13.3. The first-order valence-electron chi connectivity index (χ1n) is 9.83. The molecule has 0 spiro atoms. The van der Waals surface area contributed by atoms with Crippen LogP contribution in [0, 0.1) is 5.82 Å². The topological polar surface area (TPSA) is 112 Å². The monoisotopic (exact) mass is 435 g/mol. The number of hydrogen-bond donors (Lipinski definition) is 1. The summed E-state index contributed by atoms with van der Waals surface area (Å²) in [7, 11) is 2.94. The van der Waals surface area contributed by atoms with Gasteiger partial charge in [-0.05, 0) is 42.0 Å². The van der Waals surface area contributed by atoms with Crippen LogP contribution in [0.25, 0.3) is 16.9 Å². The fourth-order valence-corrected chi connectivity index (χ4v) is 3.91. The van der Waals surface area contributed by atoms with Crippen LogP contribution in [0.2, 0.25) is 0 Å². The van der Waals surface area contributed by atoms with Crippen molar-refractivity contribution < 1.29 is 23.8 Å². The predicted octanol–water partition coefficient (Wildman–Crippen LogP) is 3.31. The number of methoxy groups -OCH3 is 2. The number of aromatic carboxylic acids is 1. The second kappa shape index (κ2) is 7.56. The SMILES string of the molecule is COc1ncc(-c2cc([C@H]3C[C@@H]3c3ccc(F)cc3)c3nc(C(=O)O)cn3n2)c(OC)n1. The first kappa shape index (κ1) is 19.9. The number of nitrogens with zero attached hydrogens (tertiary/aromatic N) is 5. The van der Waals surface area contributed by atoms with E-state index in [4.69, 9.17) is 9.47 Å². The summed E-state index contributed by atoms with van der Waals surface area (Å²) in [4.78, 5) is 24.2. The summed E-state index contributed by atoms with van der Waals surface area (Å²) in [6.45, 7) is 0. The highest BCUT2D eigenvalue weighted by molar-refractivity contribution is 5.86. The maximum Gasteiger partial charge on any atom is 0.356 e. The number of rotatable bonds is 6. The van der Waals surface area contributed by atoms with Gasteiger partial charge in [-0.2, -0.15) is 10.1 Å². The van der Waals surface area contributed by atoms with Crippen molar-refractivity contribution in [3.8, 4) is 23.1 Å². The van der Waals surface area contributed by atoms with Gasteiger partial charge < -0.3 is 14.6 Å². The highest BCUT2D eigenvalue weighted by atomic mass is 19.1. The highest BCUT2D eigenvalue weighted by Crippen LogP contribution is 2.55. The van der Waals surface area contributed by atoms with Crippen LogP contribution in [0.1, 0.15) is 39.9 Å². The zero-order valence-electron chi connectivity index (χ0n) is 17.2. The predicted molar refractivity (Wildman–Crippen MR) is 111 cm³/mol. The molecule has 1 saturated carbocycles. The Kier molecular flexibility index (Phi) is 4.69. The van der Waals surface area contributed by atoms with Crippen molar-refractivity contribution in [2.24, 2.45) is 0 Å². The number of fused-ring (bicyclic) bond motifs is 1. The smallest absolute Gasteiger partial charge is 0.356 e. The maximum atomic E-state index is 13.3. The molecule has 9 nitrogen and oxygen atoms in total. The molecule has 4 aromatic rings. The lowest BCUT2D eigenvalue weighted by Gasteiger charge is -2.10. The van der Waals surface area contributed by atoms with Gasteiger partial charge in [0, 0.05) is 11.8 Å². The second-order valence-corrected chi connectivity index (χ2v) is 7.46. The van der Waals surface area contributed by atoms with E-state index in [2.05, 4.69) is 20.1 Å². The highest BCUT2D eigenvalue weighted by Gasteiger charge is 2.41. The van der Waals surface area contributed by atoms with Gasteiger partial charge in [0.25, 0.3) is 0 Å². The standard InChI is InChI=1S/C22H18FN5O4/c1-31-20-16(9-24-22(26-20)32-2)17-8-15(19-25-18(21(29)30)10-28(19)27-17)14-7-13(14)11-3-5-12(23)6-4-11/h3-6,8-10,13-14H,7H2,1-2H3,(H,29,30)/t13-,14+/m1/s1. The number of carboxylic acid groups (broad SMARTS) is 1. The summed E-state index contributed by atoms with van der Waals surface area (Å²) < 4.78 is 25.2. The van der Waals surface area contributed by atoms with Crippen molar-refractivity contribution in [3.05, 3.63) is 65.4 Å². The first-order valence-corrected chi connectivity index (χ1v) is 9.83. The quantitative estimate of drug-likeness (QED) is 0.491. The van der Waals surface area contributed by atoms with Crippen LogP contribution in [0.3, 0.4) is 0 Å². The van der Waals surface area contributed by atoms with Crippen molar-refractivity contribution >= 4 is 11.6 Å². The summed E-state index contributed by atoms with van der Waals surface area (Å²) in [6, 6.07) is 8.44. The molecule has 0 bridgehead atoms. The number of aromatic nitrogens is 5. The molecule has 3 heterocycles. The normalized spacial score (nSPS) is 17.3. The molecule has 1 aliphatic rings. The summed E-state index contributed by atoms with van der Waals surface area (Å²) >= 11 is 0. The molecule has 1 fully saturated rings. The Morgan fingerprint density at radius 2 is 1.94 bits per heavy atom. The van der Waals surface area contributed by atoms with E-state index in [1.807, 2.05) is 6.07 Å². The van der Waals surface area contributed by atoms with E-state index in [1.165, 1.54) is 37.1 Å². The molecule has 1 aliphatic carbocycles.